The molecule has 0 aliphatic carbocycles. The first kappa shape index (κ1) is 19.0. The zero-order valence-electron chi connectivity index (χ0n) is 15.8. The van der Waals surface area contributed by atoms with Crippen molar-refractivity contribution >= 4 is 29.1 Å². The van der Waals surface area contributed by atoms with E-state index in [1.165, 1.54) is 4.90 Å². The molecule has 5 nitrogen and oxygen atoms in total. The van der Waals surface area contributed by atoms with Crippen LogP contribution in [-0.4, -0.2) is 60.4 Å². The monoisotopic (exact) mass is 397 g/mol. The van der Waals surface area contributed by atoms with Crippen LogP contribution in [0.5, 0.6) is 0 Å². The summed E-state index contributed by atoms with van der Waals surface area (Å²) in [5, 5.41) is 0.730. The number of nitrogens with zero attached hydrogens (tertiary/aromatic N) is 3. The van der Waals surface area contributed by atoms with E-state index in [0.29, 0.717) is 19.4 Å². The van der Waals surface area contributed by atoms with E-state index < -0.39 is 0 Å². The van der Waals surface area contributed by atoms with Gasteiger partial charge in [0.1, 0.15) is 0 Å². The van der Waals surface area contributed by atoms with E-state index in [9.17, 15) is 9.59 Å². The number of piperazine rings is 1. The van der Waals surface area contributed by atoms with Crippen LogP contribution >= 0.6 is 11.6 Å². The fourth-order valence-electron chi connectivity index (χ4n) is 4.02. The second-order valence-corrected chi connectivity index (χ2v) is 7.78. The smallest absolute Gasteiger partial charge is 0.247 e. The maximum absolute atomic E-state index is 12.9. The summed E-state index contributed by atoms with van der Waals surface area (Å²) >= 11 is 5.97. The molecule has 2 fully saturated rings. The highest BCUT2D eigenvalue weighted by atomic mass is 35.5. The normalized spacial score (nSPS) is 20.8. The third-order valence-corrected chi connectivity index (χ3v) is 5.89. The fourth-order valence-corrected chi connectivity index (χ4v) is 4.14. The van der Waals surface area contributed by atoms with Crippen molar-refractivity contribution in [2.45, 2.75) is 18.9 Å². The Bertz CT molecular complexity index is 833. The van der Waals surface area contributed by atoms with Gasteiger partial charge in [-0.1, -0.05) is 41.9 Å². The number of anilines is 1. The van der Waals surface area contributed by atoms with E-state index >= 15 is 0 Å². The number of imide groups is 1. The predicted octanol–water partition coefficient (Wildman–Crippen LogP) is 2.83. The van der Waals surface area contributed by atoms with Crippen LogP contribution in [0.3, 0.4) is 0 Å². The molecule has 2 aromatic carbocycles. The van der Waals surface area contributed by atoms with Crippen molar-refractivity contribution in [3.05, 3.63) is 65.2 Å². The third kappa shape index (κ3) is 4.05. The molecule has 0 spiro atoms. The van der Waals surface area contributed by atoms with Crippen molar-refractivity contribution in [2.24, 2.45) is 0 Å². The molecule has 2 aromatic rings. The van der Waals surface area contributed by atoms with Gasteiger partial charge in [0.25, 0.3) is 0 Å². The zero-order valence-corrected chi connectivity index (χ0v) is 16.5. The zero-order chi connectivity index (χ0) is 19.5. The second kappa shape index (κ2) is 8.33. The van der Waals surface area contributed by atoms with Gasteiger partial charge < -0.3 is 4.90 Å². The number of hydrogen-bond donors (Lipinski definition) is 0. The molecule has 2 aliphatic heterocycles. The first-order valence-electron chi connectivity index (χ1n) is 9.74. The molecular weight excluding hydrogens is 374 g/mol. The first-order valence-corrected chi connectivity index (χ1v) is 10.1. The van der Waals surface area contributed by atoms with Gasteiger partial charge in [0.15, 0.2) is 0 Å². The van der Waals surface area contributed by atoms with Crippen molar-refractivity contribution in [3.63, 3.8) is 0 Å². The highest BCUT2D eigenvalue weighted by Gasteiger charge is 2.42. The van der Waals surface area contributed by atoms with Crippen LogP contribution in [0.1, 0.15) is 12.0 Å². The van der Waals surface area contributed by atoms with Crippen LogP contribution in [0.2, 0.25) is 5.02 Å². The number of hydrogen-bond acceptors (Lipinski definition) is 4. The van der Waals surface area contributed by atoms with Crippen LogP contribution in [0.25, 0.3) is 0 Å². The summed E-state index contributed by atoms with van der Waals surface area (Å²) in [6.45, 7) is 3.69. The van der Waals surface area contributed by atoms with Crippen LogP contribution in [-0.2, 0) is 16.0 Å². The lowest BCUT2D eigenvalue weighted by Gasteiger charge is -2.38. The number of likely N-dealkylation sites (tertiary alicyclic amines) is 1. The Hall–Kier alpha value is -2.37. The van der Waals surface area contributed by atoms with Crippen molar-refractivity contribution in [2.75, 3.05) is 37.6 Å². The predicted molar refractivity (Wildman–Crippen MR) is 111 cm³/mol. The molecule has 2 aliphatic rings. The van der Waals surface area contributed by atoms with Crippen molar-refractivity contribution in [1.82, 2.24) is 9.80 Å². The van der Waals surface area contributed by atoms with E-state index in [1.54, 1.807) is 0 Å². The van der Waals surface area contributed by atoms with E-state index in [2.05, 4.69) is 9.80 Å². The largest absolute Gasteiger partial charge is 0.369 e. The summed E-state index contributed by atoms with van der Waals surface area (Å²) in [7, 11) is 0. The number of rotatable bonds is 5. The molecule has 0 saturated carbocycles. The lowest BCUT2D eigenvalue weighted by atomic mass is 10.1. The molecule has 146 valence electrons. The minimum Gasteiger partial charge on any atom is -0.369 e. The summed E-state index contributed by atoms with van der Waals surface area (Å²) in [5.74, 6) is -0.0908. The third-order valence-electron chi connectivity index (χ3n) is 5.63. The average Bonchev–Trinajstić information content (AvgIpc) is 3.01. The van der Waals surface area contributed by atoms with Gasteiger partial charge in [-0.3, -0.25) is 19.4 Å². The molecule has 2 saturated heterocycles. The second-order valence-electron chi connectivity index (χ2n) is 7.34. The lowest BCUT2D eigenvalue weighted by molar-refractivity contribution is -0.139. The highest BCUT2D eigenvalue weighted by molar-refractivity contribution is 6.30. The Kier molecular flexibility index (Phi) is 5.64. The van der Waals surface area contributed by atoms with Gasteiger partial charge in [-0.25, -0.2) is 0 Å². The van der Waals surface area contributed by atoms with Gasteiger partial charge >= 0.3 is 0 Å². The Morgan fingerprint density at radius 3 is 2.25 bits per heavy atom. The van der Waals surface area contributed by atoms with Crippen molar-refractivity contribution in [1.29, 1.82) is 0 Å². The molecule has 0 N–H and O–H groups in total. The number of amides is 2. The molecule has 4 rings (SSSR count). The van der Waals surface area contributed by atoms with E-state index in [4.69, 9.17) is 11.6 Å². The Morgan fingerprint density at radius 2 is 1.57 bits per heavy atom. The van der Waals surface area contributed by atoms with Gasteiger partial charge in [0.05, 0.1) is 12.5 Å². The van der Waals surface area contributed by atoms with Crippen LogP contribution in [0.4, 0.5) is 5.69 Å². The first-order chi connectivity index (χ1) is 13.6. The molecule has 0 aromatic heterocycles. The number of halogens is 1. The average molecular weight is 398 g/mol. The lowest BCUT2D eigenvalue weighted by Crippen LogP contribution is -2.52. The minimum absolute atomic E-state index is 0.0409. The summed E-state index contributed by atoms with van der Waals surface area (Å²) < 4.78 is 0. The van der Waals surface area contributed by atoms with Gasteiger partial charge in [-0.05, 0) is 36.2 Å². The number of benzene rings is 2. The Balaban J connectivity index is 1.33. The molecular formula is C22H24ClN3O2. The van der Waals surface area contributed by atoms with E-state index in [0.717, 1.165) is 42.5 Å². The van der Waals surface area contributed by atoms with Crippen molar-refractivity contribution in [3.8, 4) is 0 Å². The maximum atomic E-state index is 12.9. The molecule has 0 radical (unpaired) electrons. The quantitative estimate of drug-likeness (QED) is 0.728. The van der Waals surface area contributed by atoms with E-state index in [-0.39, 0.29) is 17.9 Å². The number of carbonyl (C=O) groups excluding carboxylic acids is 2. The SMILES string of the molecule is O=C1C[C@H](N2CCN(c3ccc(Cl)cc3)CC2)C(=O)N1CCc1ccccc1. The van der Waals surface area contributed by atoms with Crippen LogP contribution < -0.4 is 4.90 Å². The maximum Gasteiger partial charge on any atom is 0.247 e. The molecule has 0 bridgehead atoms. The molecule has 1 atom stereocenters. The van der Waals surface area contributed by atoms with Crippen LogP contribution in [0, 0.1) is 0 Å². The van der Waals surface area contributed by atoms with Gasteiger partial charge in [-0.15, -0.1) is 0 Å². The minimum atomic E-state index is -0.310. The molecule has 0 unspecified atom stereocenters. The highest BCUT2D eigenvalue weighted by Crippen LogP contribution is 2.24. The van der Waals surface area contributed by atoms with Crippen molar-refractivity contribution < 1.29 is 9.59 Å². The topological polar surface area (TPSA) is 43.9 Å². The fraction of sp³-hybridized carbons (Fsp3) is 0.364. The number of carbonyl (C=O) groups is 2. The Morgan fingerprint density at radius 1 is 0.893 bits per heavy atom. The molecule has 2 amide bonds. The molecule has 6 heteroatoms. The summed E-state index contributed by atoms with van der Waals surface area (Å²) in [6, 6.07) is 17.5. The summed E-state index contributed by atoms with van der Waals surface area (Å²) in [5.41, 5.74) is 2.28. The van der Waals surface area contributed by atoms with Crippen LogP contribution in [0.15, 0.2) is 54.6 Å². The molecule has 28 heavy (non-hydrogen) atoms. The Labute approximate surface area is 170 Å². The van der Waals surface area contributed by atoms with Gasteiger partial charge in [-0.2, -0.15) is 0 Å². The van der Waals surface area contributed by atoms with Gasteiger partial charge in [0.2, 0.25) is 11.8 Å². The summed E-state index contributed by atoms with van der Waals surface area (Å²) in [6.07, 6.45) is 1.00. The standard InChI is InChI=1S/C22H24ClN3O2/c23-18-6-8-19(9-7-18)24-12-14-25(15-13-24)20-16-21(27)26(22(20)28)11-10-17-4-2-1-3-5-17/h1-9,20H,10-16H2/t20-/m0/s1. The molecule has 2 heterocycles. The van der Waals surface area contributed by atoms with E-state index in [1.807, 2.05) is 54.6 Å². The summed E-state index contributed by atoms with van der Waals surface area (Å²) in [4.78, 5) is 31.2. The van der Waals surface area contributed by atoms with Gasteiger partial charge in [0, 0.05) is 43.4 Å².